The van der Waals surface area contributed by atoms with Crippen LogP contribution in [0.4, 0.5) is 0 Å². The molecule has 0 radical (unpaired) electrons. The van der Waals surface area contributed by atoms with E-state index < -0.39 is 5.41 Å². The summed E-state index contributed by atoms with van der Waals surface area (Å²) in [7, 11) is 1.67. The minimum atomic E-state index is -0.458. The van der Waals surface area contributed by atoms with Crippen LogP contribution in [-0.4, -0.2) is 30.8 Å². The third-order valence-electron chi connectivity index (χ3n) is 5.05. The monoisotopic (exact) mass is 431 g/mol. The third-order valence-corrected chi connectivity index (χ3v) is 5.54. The number of aromatic nitrogens is 1. The SMILES string of the molecule is COC(C)(C)COc1cnc2c(c1)C1(C=C(N)NC1)c1cc(Br)ccc1O2. The number of fused-ring (bicyclic) bond motifs is 4. The van der Waals surface area contributed by atoms with E-state index in [-0.39, 0.29) is 5.60 Å². The summed E-state index contributed by atoms with van der Waals surface area (Å²) in [6.07, 6.45) is 3.71. The summed E-state index contributed by atoms with van der Waals surface area (Å²) in [4.78, 5) is 4.51. The summed E-state index contributed by atoms with van der Waals surface area (Å²) >= 11 is 3.56. The van der Waals surface area contributed by atoms with Crippen LogP contribution < -0.4 is 20.5 Å². The maximum absolute atomic E-state index is 6.09. The maximum Gasteiger partial charge on any atom is 0.223 e. The zero-order valence-electron chi connectivity index (χ0n) is 15.5. The fourth-order valence-electron chi connectivity index (χ4n) is 3.37. The second-order valence-corrected chi connectivity index (χ2v) is 8.36. The molecule has 4 rings (SSSR count). The lowest BCUT2D eigenvalue weighted by molar-refractivity contribution is -0.0147. The Morgan fingerprint density at radius 3 is 2.85 bits per heavy atom. The van der Waals surface area contributed by atoms with E-state index in [2.05, 4.69) is 32.3 Å². The molecule has 1 aromatic carbocycles. The lowest BCUT2D eigenvalue weighted by atomic mass is 9.74. The summed E-state index contributed by atoms with van der Waals surface area (Å²) in [6, 6.07) is 7.95. The van der Waals surface area contributed by atoms with Crippen LogP contribution in [0.3, 0.4) is 0 Å². The average molecular weight is 432 g/mol. The quantitative estimate of drug-likeness (QED) is 0.771. The van der Waals surface area contributed by atoms with Crippen molar-refractivity contribution in [3.63, 3.8) is 0 Å². The standard InChI is InChI=1S/C20H22BrN3O3/c1-19(2,25-3)11-26-13-7-15-18(23-9-13)27-16-5-4-12(21)6-14(16)20(15)8-17(22)24-10-20/h4-9,24H,10-11,22H2,1-3H3. The van der Waals surface area contributed by atoms with Crippen molar-refractivity contribution in [3.05, 3.63) is 58.0 Å². The van der Waals surface area contributed by atoms with Crippen molar-refractivity contribution < 1.29 is 14.2 Å². The summed E-state index contributed by atoms with van der Waals surface area (Å²) in [5.41, 5.74) is 7.21. The number of hydrogen-bond acceptors (Lipinski definition) is 6. The summed E-state index contributed by atoms with van der Waals surface area (Å²) < 4.78 is 18.4. The third kappa shape index (κ3) is 3.15. The van der Waals surface area contributed by atoms with Gasteiger partial charge < -0.3 is 25.3 Å². The Bertz CT molecular complexity index is 929. The van der Waals surface area contributed by atoms with Gasteiger partial charge in [0.2, 0.25) is 5.88 Å². The predicted molar refractivity (Wildman–Crippen MR) is 106 cm³/mol. The second-order valence-electron chi connectivity index (χ2n) is 7.44. The highest BCUT2D eigenvalue weighted by Crippen LogP contribution is 2.50. The molecule has 0 aliphatic carbocycles. The van der Waals surface area contributed by atoms with Crippen LogP contribution in [0.2, 0.25) is 0 Å². The molecule has 0 saturated carbocycles. The Morgan fingerprint density at radius 2 is 2.15 bits per heavy atom. The molecule has 1 aromatic heterocycles. The van der Waals surface area contributed by atoms with Crippen LogP contribution in [0.15, 0.2) is 46.8 Å². The van der Waals surface area contributed by atoms with Crippen molar-refractivity contribution in [2.75, 3.05) is 20.3 Å². The molecule has 27 heavy (non-hydrogen) atoms. The molecule has 6 nitrogen and oxygen atoms in total. The number of rotatable bonds is 4. The average Bonchev–Trinajstić information content (AvgIpc) is 3.04. The Hall–Kier alpha value is -2.25. The zero-order valence-corrected chi connectivity index (χ0v) is 17.1. The van der Waals surface area contributed by atoms with Gasteiger partial charge in [0.1, 0.15) is 18.1 Å². The number of benzene rings is 1. The van der Waals surface area contributed by atoms with Crippen molar-refractivity contribution in [2.24, 2.45) is 5.73 Å². The number of nitrogens with two attached hydrogens (primary N) is 1. The van der Waals surface area contributed by atoms with E-state index in [0.29, 0.717) is 30.6 Å². The number of nitrogens with one attached hydrogen (secondary N) is 1. The molecule has 2 aliphatic heterocycles. The van der Waals surface area contributed by atoms with E-state index in [1.54, 1.807) is 13.3 Å². The topological polar surface area (TPSA) is 78.6 Å². The van der Waals surface area contributed by atoms with Gasteiger partial charge in [-0.1, -0.05) is 15.9 Å². The molecular weight excluding hydrogens is 410 g/mol. The van der Waals surface area contributed by atoms with Crippen LogP contribution >= 0.6 is 15.9 Å². The molecule has 142 valence electrons. The molecular formula is C20H22BrN3O3. The summed E-state index contributed by atoms with van der Waals surface area (Å²) in [5.74, 6) is 2.65. The van der Waals surface area contributed by atoms with Crippen LogP contribution in [0.1, 0.15) is 25.0 Å². The number of ether oxygens (including phenoxy) is 3. The van der Waals surface area contributed by atoms with Crippen molar-refractivity contribution >= 4 is 15.9 Å². The number of nitrogens with zero attached hydrogens (tertiary/aromatic N) is 1. The van der Waals surface area contributed by atoms with Crippen molar-refractivity contribution in [1.82, 2.24) is 10.3 Å². The van der Waals surface area contributed by atoms with Crippen molar-refractivity contribution in [3.8, 4) is 17.4 Å². The molecule has 1 atom stereocenters. The van der Waals surface area contributed by atoms with Crippen LogP contribution in [0, 0.1) is 0 Å². The molecule has 0 saturated heterocycles. The maximum atomic E-state index is 6.09. The predicted octanol–water partition coefficient (Wildman–Crippen LogP) is 3.44. The highest BCUT2D eigenvalue weighted by Gasteiger charge is 2.44. The molecule has 0 fully saturated rings. The molecule has 2 aromatic rings. The zero-order chi connectivity index (χ0) is 19.2. The lowest BCUT2D eigenvalue weighted by Crippen LogP contribution is -2.35. The molecule has 1 spiro atoms. The fourth-order valence-corrected chi connectivity index (χ4v) is 3.73. The Labute approximate surface area is 166 Å². The molecule has 7 heteroatoms. The molecule has 3 N–H and O–H groups in total. The Balaban J connectivity index is 1.79. The Kier molecular flexibility index (Phi) is 4.31. The number of pyridine rings is 1. The van der Waals surface area contributed by atoms with E-state index in [1.165, 1.54) is 0 Å². The van der Waals surface area contributed by atoms with E-state index in [4.69, 9.17) is 19.9 Å². The largest absolute Gasteiger partial charge is 0.489 e. The van der Waals surface area contributed by atoms with Gasteiger partial charge in [-0.15, -0.1) is 0 Å². The van der Waals surface area contributed by atoms with Gasteiger partial charge in [0.25, 0.3) is 0 Å². The van der Waals surface area contributed by atoms with Crippen LogP contribution in [-0.2, 0) is 10.2 Å². The highest BCUT2D eigenvalue weighted by molar-refractivity contribution is 9.10. The highest BCUT2D eigenvalue weighted by atomic mass is 79.9. The Morgan fingerprint density at radius 1 is 1.33 bits per heavy atom. The van der Waals surface area contributed by atoms with E-state index in [9.17, 15) is 0 Å². The van der Waals surface area contributed by atoms with Gasteiger partial charge in [-0.3, -0.25) is 0 Å². The minimum absolute atomic E-state index is 0.388. The number of hydrogen-bond donors (Lipinski definition) is 2. The van der Waals surface area contributed by atoms with Gasteiger partial charge >= 0.3 is 0 Å². The molecule has 2 aliphatic rings. The van der Waals surface area contributed by atoms with Gasteiger partial charge in [-0.2, -0.15) is 0 Å². The van der Waals surface area contributed by atoms with Crippen LogP contribution in [0.25, 0.3) is 0 Å². The number of halogens is 1. The molecule has 0 bridgehead atoms. The second kappa shape index (κ2) is 6.42. The van der Waals surface area contributed by atoms with E-state index in [1.807, 2.05) is 38.1 Å². The first kappa shape index (κ1) is 18.1. The lowest BCUT2D eigenvalue weighted by Gasteiger charge is -2.35. The number of methoxy groups -OCH3 is 1. The molecule has 3 heterocycles. The van der Waals surface area contributed by atoms with Crippen molar-refractivity contribution in [2.45, 2.75) is 24.9 Å². The van der Waals surface area contributed by atoms with Gasteiger partial charge in [0.15, 0.2) is 0 Å². The first-order valence-electron chi connectivity index (χ1n) is 8.71. The summed E-state index contributed by atoms with van der Waals surface area (Å²) in [5, 5.41) is 3.25. The minimum Gasteiger partial charge on any atom is -0.489 e. The van der Waals surface area contributed by atoms with Crippen molar-refractivity contribution in [1.29, 1.82) is 0 Å². The van der Waals surface area contributed by atoms with E-state index >= 15 is 0 Å². The van der Waals surface area contributed by atoms with Crippen LogP contribution in [0.5, 0.6) is 17.4 Å². The fraction of sp³-hybridized carbons (Fsp3) is 0.350. The van der Waals surface area contributed by atoms with E-state index in [0.717, 1.165) is 21.3 Å². The molecule has 0 amide bonds. The van der Waals surface area contributed by atoms with Gasteiger partial charge in [-0.25, -0.2) is 4.98 Å². The first-order chi connectivity index (χ1) is 12.8. The molecule has 1 unspecified atom stereocenters. The first-order valence-corrected chi connectivity index (χ1v) is 9.51. The van der Waals surface area contributed by atoms with Gasteiger partial charge in [0.05, 0.1) is 23.0 Å². The smallest absolute Gasteiger partial charge is 0.223 e. The summed E-state index contributed by atoms with van der Waals surface area (Å²) in [6.45, 7) is 4.99. The van der Waals surface area contributed by atoms with Gasteiger partial charge in [0, 0.05) is 29.3 Å². The van der Waals surface area contributed by atoms with Gasteiger partial charge in [-0.05, 0) is 44.2 Å². The normalized spacial score (nSPS) is 20.4.